The van der Waals surface area contributed by atoms with Crippen molar-refractivity contribution in [3.63, 3.8) is 0 Å². The zero-order valence-corrected chi connectivity index (χ0v) is 10.7. The third-order valence-corrected chi connectivity index (χ3v) is 3.18. The van der Waals surface area contributed by atoms with Gasteiger partial charge in [-0.05, 0) is 31.9 Å². The van der Waals surface area contributed by atoms with Crippen LogP contribution in [0.2, 0.25) is 0 Å². The van der Waals surface area contributed by atoms with Crippen LogP contribution in [0.15, 0.2) is 24.5 Å². The monoisotopic (exact) mass is 227 g/mol. The fourth-order valence-corrected chi connectivity index (χ4v) is 1.98. The van der Waals surface area contributed by atoms with Crippen LogP contribution >= 0.6 is 0 Å². The largest absolute Gasteiger partial charge is 0.373 e. The normalized spacial score (nSPS) is 10.4. The van der Waals surface area contributed by atoms with Gasteiger partial charge < -0.3 is 5.32 Å². The third kappa shape index (κ3) is 2.00. The number of aryl methyl sites for hydroxylation is 1. The Morgan fingerprint density at radius 2 is 1.76 bits per heavy atom. The maximum atomic E-state index is 4.41. The highest BCUT2D eigenvalue weighted by Gasteiger charge is 2.10. The van der Waals surface area contributed by atoms with E-state index in [1.54, 1.807) is 6.33 Å². The average Bonchev–Trinajstić information content (AvgIpc) is 2.33. The summed E-state index contributed by atoms with van der Waals surface area (Å²) in [5.41, 5.74) is 5.83. The number of rotatable bonds is 2. The Balaban J connectivity index is 2.65. The van der Waals surface area contributed by atoms with Gasteiger partial charge in [0, 0.05) is 18.2 Å². The van der Waals surface area contributed by atoms with Crippen LogP contribution in [0.1, 0.15) is 16.7 Å². The lowest BCUT2D eigenvalue weighted by molar-refractivity contribution is 1.12. The fraction of sp³-hybridized carbons (Fsp3) is 0.286. The Hall–Kier alpha value is -1.90. The van der Waals surface area contributed by atoms with Gasteiger partial charge in [0.05, 0.1) is 5.69 Å². The molecule has 0 aliphatic rings. The molecule has 0 aliphatic heterocycles. The molecule has 0 saturated carbocycles. The minimum atomic E-state index is 0.885. The molecular weight excluding hydrogens is 210 g/mol. The van der Waals surface area contributed by atoms with E-state index in [0.717, 1.165) is 17.1 Å². The zero-order chi connectivity index (χ0) is 12.4. The van der Waals surface area contributed by atoms with Crippen molar-refractivity contribution < 1.29 is 0 Å². The van der Waals surface area contributed by atoms with E-state index in [1.165, 1.54) is 16.7 Å². The van der Waals surface area contributed by atoms with Crippen LogP contribution in [0.5, 0.6) is 0 Å². The van der Waals surface area contributed by atoms with Crippen LogP contribution in [0.3, 0.4) is 0 Å². The molecule has 0 radical (unpaired) electrons. The summed E-state index contributed by atoms with van der Waals surface area (Å²) < 4.78 is 0. The molecule has 17 heavy (non-hydrogen) atoms. The highest BCUT2D eigenvalue weighted by atomic mass is 15.0. The molecule has 88 valence electrons. The number of aromatic nitrogens is 2. The third-order valence-electron chi connectivity index (χ3n) is 3.18. The number of nitrogens with zero attached hydrogens (tertiary/aromatic N) is 2. The summed E-state index contributed by atoms with van der Waals surface area (Å²) in [6.07, 6.45) is 1.61. The van der Waals surface area contributed by atoms with Gasteiger partial charge in [0.1, 0.15) is 12.1 Å². The number of nitrogens with one attached hydrogen (secondary N) is 1. The Morgan fingerprint density at radius 3 is 2.47 bits per heavy atom. The fourth-order valence-electron chi connectivity index (χ4n) is 1.98. The second-order valence-corrected chi connectivity index (χ2v) is 4.19. The maximum absolute atomic E-state index is 4.41. The van der Waals surface area contributed by atoms with Gasteiger partial charge >= 0.3 is 0 Å². The summed E-state index contributed by atoms with van der Waals surface area (Å²) >= 11 is 0. The lowest BCUT2D eigenvalue weighted by atomic mass is 9.98. The lowest BCUT2D eigenvalue weighted by Crippen LogP contribution is -2.00. The SMILES string of the molecule is CNc1ncnc(-c2cccc(C)c2C)c1C. The van der Waals surface area contributed by atoms with E-state index in [-0.39, 0.29) is 0 Å². The molecule has 2 rings (SSSR count). The topological polar surface area (TPSA) is 37.8 Å². The molecule has 0 saturated heterocycles. The minimum Gasteiger partial charge on any atom is -0.373 e. The van der Waals surface area contributed by atoms with E-state index in [2.05, 4.69) is 47.3 Å². The Bertz CT molecular complexity index is 547. The first-order valence-electron chi connectivity index (χ1n) is 5.71. The Kier molecular flexibility index (Phi) is 3.09. The summed E-state index contributed by atoms with van der Waals surface area (Å²) in [5.74, 6) is 0.885. The van der Waals surface area contributed by atoms with E-state index in [1.807, 2.05) is 14.0 Å². The van der Waals surface area contributed by atoms with Gasteiger partial charge in [-0.25, -0.2) is 9.97 Å². The minimum absolute atomic E-state index is 0.885. The first-order valence-corrected chi connectivity index (χ1v) is 5.71. The quantitative estimate of drug-likeness (QED) is 0.856. The Labute approximate surface area is 102 Å². The number of hydrogen-bond acceptors (Lipinski definition) is 3. The van der Waals surface area contributed by atoms with Crippen molar-refractivity contribution in [2.24, 2.45) is 0 Å². The molecule has 2 aromatic rings. The van der Waals surface area contributed by atoms with Gasteiger partial charge in [-0.1, -0.05) is 18.2 Å². The molecule has 1 heterocycles. The Morgan fingerprint density at radius 1 is 1.00 bits per heavy atom. The van der Waals surface area contributed by atoms with Crippen molar-refractivity contribution >= 4 is 5.82 Å². The van der Waals surface area contributed by atoms with Crippen molar-refractivity contribution in [1.29, 1.82) is 0 Å². The van der Waals surface area contributed by atoms with Crippen molar-refractivity contribution in [3.8, 4) is 11.3 Å². The van der Waals surface area contributed by atoms with Crippen molar-refractivity contribution in [1.82, 2.24) is 9.97 Å². The molecule has 0 unspecified atom stereocenters. The average molecular weight is 227 g/mol. The highest BCUT2D eigenvalue weighted by Crippen LogP contribution is 2.28. The second-order valence-electron chi connectivity index (χ2n) is 4.19. The van der Waals surface area contributed by atoms with E-state index in [4.69, 9.17) is 0 Å². The second kappa shape index (κ2) is 4.53. The molecule has 1 aromatic carbocycles. The van der Waals surface area contributed by atoms with Gasteiger partial charge in [0.25, 0.3) is 0 Å². The molecule has 0 atom stereocenters. The van der Waals surface area contributed by atoms with Gasteiger partial charge in [0.15, 0.2) is 0 Å². The standard InChI is InChI=1S/C14H17N3/c1-9-6-5-7-12(10(9)2)13-11(3)14(15-4)17-8-16-13/h5-8H,1-4H3,(H,15,16,17). The molecule has 0 bridgehead atoms. The van der Waals surface area contributed by atoms with Gasteiger partial charge in [0.2, 0.25) is 0 Å². The molecule has 0 fully saturated rings. The van der Waals surface area contributed by atoms with E-state index in [0.29, 0.717) is 0 Å². The molecule has 1 N–H and O–H groups in total. The molecule has 1 aromatic heterocycles. The molecule has 0 spiro atoms. The van der Waals surface area contributed by atoms with Crippen molar-refractivity contribution in [2.75, 3.05) is 12.4 Å². The van der Waals surface area contributed by atoms with Crippen molar-refractivity contribution in [3.05, 3.63) is 41.2 Å². The summed E-state index contributed by atoms with van der Waals surface area (Å²) in [6, 6.07) is 6.30. The molecule has 0 amide bonds. The predicted octanol–water partition coefficient (Wildman–Crippen LogP) is 3.11. The number of anilines is 1. The van der Waals surface area contributed by atoms with E-state index < -0.39 is 0 Å². The van der Waals surface area contributed by atoms with Crippen LogP contribution in [0.4, 0.5) is 5.82 Å². The molecule has 0 aliphatic carbocycles. The summed E-state index contributed by atoms with van der Waals surface area (Å²) in [5, 5.41) is 3.09. The van der Waals surface area contributed by atoms with Crippen LogP contribution in [-0.4, -0.2) is 17.0 Å². The van der Waals surface area contributed by atoms with Crippen molar-refractivity contribution in [2.45, 2.75) is 20.8 Å². The summed E-state index contributed by atoms with van der Waals surface area (Å²) in [4.78, 5) is 8.62. The number of hydrogen-bond donors (Lipinski definition) is 1. The van der Waals surface area contributed by atoms with Gasteiger partial charge in [-0.15, -0.1) is 0 Å². The molecule has 3 heteroatoms. The van der Waals surface area contributed by atoms with Gasteiger partial charge in [-0.2, -0.15) is 0 Å². The smallest absolute Gasteiger partial charge is 0.132 e. The van der Waals surface area contributed by atoms with E-state index in [9.17, 15) is 0 Å². The van der Waals surface area contributed by atoms with E-state index >= 15 is 0 Å². The lowest BCUT2D eigenvalue weighted by Gasteiger charge is -2.12. The predicted molar refractivity (Wildman–Crippen MR) is 71.2 cm³/mol. The van der Waals surface area contributed by atoms with Crippen LogP contribution < -0.4 is 5.32 Å². The highest BCUT2D eigenvalue weighted by molar-refractivity contribution is 5.71. The van der Waals surface area contributed by atoms with Crippen LogP contribution in [-0.2, 0) is 0 Å². The molecule has 3 nitrogen and oxygen atoms in total. The zero-order valence-electron chi connectivity index (χ0n) is 10.7. The first kappa shape index (κ1) is 11.6. The van der Waals surface area contributed by atoms with Gasteiger partial charge in [-0.3, -0.25) is 0 Å². The van der Waals surface area contributed by atoms with Crippen LogP contribution in [0.25, 0.3) is 11.3 Å². The summed E-state index contributed by atoms with van der Waals surface area (Å²) in [6.45, 7) is 6.29. The van der Waals surface area contributed by atoms with Crippen LogP contribution in [0, 0.1) is 20.8 Å². The molecular formula is C14H17N3. The number of benzene rings is 1. The summed E-state index contributed by atoms with van der Waals surface area (Å²) in [7, 11) is 1.88. The first-order chi connectivity index (χ1) is 8.15. The maximum Gasteiger partial charge on any atom is 0.132 e.